The summed E-state index contributed by atoms with van der Waals surface area (Å²) in [6.45, 7) is 6.85. The van der Waals surface area contributed by atoms with Gasteiger partial charge in [0.15, 0.2) is 0 Å². The van der Waals surface area contributed by atoms with Crippen molar-refractivity contribution in [1.29, 1.82) is 0 Å². The zero-order chi connectivity index (χ0) is 10.7. The lowest BCUT2D eigenvalue weighted by atomic mass is 9.89. The summed E-state index contributed by atoms with van der Waals surface area (Å²) in [6.07, 6.45) is 0. The van der Waals surface area contributed by atoms with Crippen molar-refractivity contribution in [2.24, 2.45) is 11.8 Å². The molecule has 0 saturated carbocycles. The van der Waals surface area contributed by atoms with E-state index in [-0.39, 0.29) is 0 Å². The highest BCUT2D eigenvalue weighted by Crippen LogP contribution is 2.35. The molecule has 0 spiro atoms. The molecule has 0 bridgehead atoms. The van der Waals surface area contributed by atoms with E-state index in [1.807, 2.05) is 18.4 Å². The van der Waals surface area contributed by atoms with Gasteiger partial charge in [-0.15, -0.1) is 11.3 Å². The second-order valence-corrected chi connectivity index (χ2v) is 5.80. The van der Waals surface area contributed by atoms with Gasteiger partial charge in [-0.05, 0) is 46.3 Å². The Balaban J connectivity index is 2.87. The molecule has 0 aliphatic heterocycles. The van der Waals surface area contributed by atoms with Crippen molar-refractivity contribution < 1.29 is 0 Å². The molecule has 1 rings (SSSR count). The summed E-state index contributed by atoms with van der Waals surface area (Å²) in [6, 6.07) is 2.58. The molecule has 1 aromatic rings. The Kier molecular flexibility index (Phi) is 4.61. The normalized spacial score (nSPS) is 15.9. The second kappa shape index (κ2) is 5.29. The quantitative estimate of drug-likeness (QED) is 0.874. The van der Waals surface area contributed by atoms with Crippen LogP contribution in [0.4, 0.5) is 0 Å². The van der Waals surface area contributed by atoms with Gasteiger partial charge in [-0.25, -0.2) is 0 Å². The molecule has 1 heterocycles. The molecule has 14 heavy (non-hydrogen) atoms. The Morgan fingerprint density at radius 3 is 2.36 bits per heavy atom. The van der Waals surface area contributed by atoms with Crippen LogP contribution >= 0.6 is 27.3 Å². The zero-order valence-electron chi connectivity index (χ0n) is 9.17. The van der Waals surface area contributed by atoms with Crippen LogP contribution in [0.15, 0.2) is 15.9 Å². The van der Waals surface area contributed by atoms with Gasteiger partial charge in [0.2, 0.25) is 0 Å². The van der Waals surface area contributed by atoms with Crippen LogP contribution < -0.4 is 5.32 Å². The Bertz CT molecular complexity index is 283. The maximum atomic E-state index is 3.60. The zero-order valence-corrected chi connectivity index (χ0v) is 11.6. The number of rotatable bonds is 4. The number of halogens is 1. The van der Waals surface area contributed by atoms with E-state index in [1.54, 1.807) is 0 Å². The van der Waals surface area contributed by atoms with Crippen molar-refractivity contribution in [3.05, 3.63) is 20.8 Å². The third-order valence-corrected chi connectivity index (χ3v) is 4.77. The Morgan fingerprint density at radius 1 is 1.36 bits per heavy atom. The van der Waals surface area contributed by atoms with E-state index in [0.717, 1.165) is 0 Å². The van der Waals surface area contributed by atoms with Gasteiger partial charge in [0.05, 0.1) is 0 Å². The van der Waals surface area contributed by atoms with Crippen LogP contribution in [0.3, 0.4) is 0 Å². The third kappa shape index (κ3) is 2.59. The van der Waals surface area contributed by atoms with Gasteiger partial charge in [0.25, 0.3) is 0 Å². The van der Waals surface area contributed by atoms with Gasteiger partial charge >= 0.3 is 0 Å². The summed E-state index contributed by atoms with van der Waals surface area (Å²) in [4.78, 5) is 1.41. The molecule has 0 fully saturated rings. The van der Waals surface area contributed by atoms with Crippen molar-refractivity contribution in [3.63, 3.8) is 0 Å². The van der Waals surface area contributed by atoms with Crippen LogP contribution in [0.5, 0.6) is 0 Å². The van der Waals surface area contributed by atoms with Crippen LogP contribution in [-0.2, 0) is 0 Å². The molecule has 2 atom stereocenters. The van der Waals surface area contributed by atoms with Crippen molar-refractivity contribution >= 4 is 27.3 Å². The van der Waals surface area contributed by atoms with Crippen LogP contribution in [0.1, 0.15) is 31.7 Å². The van der Waals surface area contributed by atoms with Gasteiger partial charge in [-0.3, -0.25) is 0 Å². The number of hydrogen-bond acceptors (Lipinski definition) is 2. The molecule has 2 unspecified atom stereocenters. The molecular formula is C11H18BrNS. The summed E-state index contributed by atoms with van der Waals surface area (Å²) in [5.74, 6) is 1.34. The molecule has 0 amide bonds. The molecule has 80 valence electrons. The van der Waals surface area contributed by atoms with Gasteiger partial charge in [-0.1, -0.05) is 20.8 Å². The summed E-state index contributed by atoms with van der Waals surface area (Å²) >= 11 is 5.41. The van der Waals surface area contributed by atoms with E-state index in [2.05, 4.69) is 53.5 Å². The smallest absolute Gasteiger partial charge is 0.0452 e. The van der Waals surface area contributed by atoms with Crippen molar-refractivity contribution in [2.75, 3.05) is 7.05 Å². The molecule has 0 radical (unpaired) electrons. The predicted octanol–water partition coefficient (Wildman–Crippen LogP) is 4.06. The summed E-state index contributed by atoms with van der Waals surface area (Å²) in [5, 5.41) is 5.54. The number of thiophene rings is 1. The predicted molar refractivity (Wildman–Crippen MR) is 67.8 cm³/mol. The average Bonchev–Trinajstić information content (AvgIpc) is 2.53. The lowest BCUT2D eigenvalue weighted by Crippen LogP contribution is -2.26. The fraction of sp³-hybridized carbons (Fsp3) is 0.636. The first-order valence-corrected chi connectivity index (χ1v) is 6.65. The fourth-order valence-electron chi connectivity index (χ4n) is 1.55. The van der Waals surface area contributed by atoms with Crippen molar-refractivity contribution in [1.82, 2.24) is 5.32 Å². The summed E-state index contributed by atoms with van der Waals surface area (Å²) in [7, 11) is 2.04. The van der Waals surface area contributed by atoms with E-state index in [0.29, 0.717) is 17.9 Å². The van der Waals surface area contributed by atoms with E-state index in [1.165, 1.54) is 9.35 Å². The van der Waals surface area contributed by atoms with Crippen LogP contribution in [0.2, 0.25) is 0 Å². The van der Waals surface area contributed by atoms with Crippen LogP contribution in [0, 0.1) is 11.8 Å². The SMILES string of the molecule is CNC(c1sccc1Br)C(C)C(C)C. The van der Waals surface area contributed by atoms with Gasteiger partial charge in [0, 0.05) is 15.4 Å². The second-order valence-electron chi connectivity index (χ2n) is 4.00. The van der Waals surface area contributed by atoms with E-state index < -0.39 is 0 Å². The largest absolute Gasteiger partial charge is 0.312 e. The van der Waals surface area contributed by atoms with Crippen LogP contribution in [-0.4, -0.2) is 7.05 Å². The molecule has 0 aromatic carbocycles. The molecule has 0 aliphatic carbocycles. The first-order chi connectivity index (χ1) is 6.57. The van der Waals surface area contributed by atoms with Gasteiger partial charge < -0.3 is 5.32 Å². The highest BCUT2D eigenvalue weighted by Gasteiger charge is 2.22. The molecule has 1 aromatic heterocycles. The van der Waals surface area contributed by atoms with Crippen LogP contribution in [0.25, 0.3) is 0 Å². The van der Waals surface area contributed by atoms with E-state index >= 15 is 0 Å². The molecule has 0 aliphatic rings. The minimum atomic E-state index is 0.462. The highest BCUT2D eigenvalue weighted by molar-refractivity contribution is 9.10. The first kappa shape index (κ1) is 12.2. The van der Waals surface area contributed by atoms with Crippen molar-refractivity contribution in [3.8, 4) is 0 Å². The fourth-order valence-corrected chi connectivity index (χ4v) is 3.39. The minimum Gasteiger partial charge on any atom is -0.312 e. The first-order valence-electron chi connectivity index (χ1n) is 4.98. The number of nitrogens with one attached hydrogen (secondary N) is 1. The van der Waals surface area contributed by atoms with Gasteiger partial charge in [0.1, 0.15) is 0 Å². The lowest BCUT2D eigenvalue weighted by molar-refractivity contribution is 0.320. The van der Waals surface area contributed by atoms with Gasteiger partial charge in [-0.2, -0.15) is 0 Å². The Hall–Kier alpha value is 0.140. The minimum absolute atomic E-state index is 0.462. The molecule has 3 heteroatoms. The highest BCUT2D eigenvalue weighted by atomic mass is 79.9. The summed E-state index contributed by atoms with van der Waals surface area (Å²) < 4.78 is 1.23. The average molecular weight is 276 g/mol. The standard InChI is InChI=1S/C11H18BrNS/c1-7(2)8(3)10(13-4)11-9(12)5-6-14-11/h5-8,10,13H,1-4H3. The van der Waals surface area contributed by atoms with E-state index in [9.17, 15) is 0 Å². The maximum Gasteiger partial charge on any atom is 0.0452 e. The topological polar surface area (TPSA) is 12.0 Å². The molecule has 1 N–H and O–H groups in total. The number of hydrogen-bond donors (Lipinski definition) is 1. The third-order valence-electron chi connectivity index (χ3n) is 2.82. The van der Waals surface area contributed by atoms with Crippen molar-refractivity contribution in [2.45, 2.75) is 26.8 Å². The lowest BCUT2D eigenvalue weighted by Gasteiger charge is -2.26. The monoisotopic (exact) mass is 275 g/mol. The van der Waals surface area contributed by atoms with E-state index in [4.69, 9.17) is 0 Å². The Labute approximate surface area is 99.0 Å². The maximum absolute atomic E-state index is 3.60. The molecule has 1 nitrogen and oxygen atoms in total. The molecule has 0 saturated heterocycles. The summed E-state index contributed by atoms with van der Waals surface area (Å²) in [5.41, 5.74) is 0. The Morgan fingerprint density at radius 2 is 2.00 bits per heavy atom. The molecular weight excluding hydrogens is 258 g/mol.